The molecule has 9 heteroatoms. The first-order valence-electron chi connectivity index (χ1n) is 11.9. The van der Waals surface area contributed by atoms with Gasteiger partial charge < -0.3 is 19.3 Å². The van der Waals surface area contributed by atoms with Crippen molar-refractivity contribution in [3.05, 3.63) is 95.3 Å². The average molecular weight is 499 g/mol. The summed E-state index contributed by atoms with van der Waals surface area (Å²) in [6.45, 7) is 4.71. The highest BCUT2D eigenvalue weighted by Crippen LogP contribution is 2.41. The number of nitrogens with one attached hydrogen (secondary N) is 1. The minimum absolute atomic E-state index is 0.255. The molecule has 2 aliphatic rings. The van der Waals surface area contributed by atoms with E-state index in [0.717, 1.165) is 11.1 Å². The lowest BCUT2D eigenvalue weighted by Crippen LogP contribution is -2.46. The number of anilines is 1. The van der Waals surface area contributed by atoms with E-state index in [1.165, 1.54) is 17.0 Å². The van der Waals surface area contributed by atoms with Gasteiger partial charge in [0.05, 0.1) is 17.3 Å². The lowest BCUT2D eigenvalue weighted by molar-refractivity contribution is 0.171. The predicted molar refractivity (Wildman–Crippen MR) is 135 cm³/mol. The van der Waals surface area contributed by atoms with E-state index in [-0.39, 0.29) is 17.7 Å². The van der Waals surface area contributed by atoms with E-state index in [9.17, 15) is 9.18 Å². The quantitative estimate of drug-likeness (QED) is 0.391. The Morgan fingerprint density at radius 2 is 1.76 bits per heavy atom. The highest BCUT2D eigenvalue weighted by Gasteiger charge is 2.37. The zero-order valence-electron chi connectivity index (χ0n) is 20.2. The number of aryl methyl sites for hydroxylation is 1. The van der Waals surface area contributed by atoms with Gasteiger partial charge in [-0.05, 0) is 49.7 Å². The van der Waals surface area contributed by atoms with E-state index in [0.29, 0.717) is 53.1 Å². The number of nitrogens with zero attached hydrogens (tertiary/aromatic N) is 3. The number of carbonyl (C=O) groups is 1. The number of ether oxygens (including phenoxy) is 2. The van der Waals surface area contributed by atoms with Crippen molar-refractivity contribution in [3.63, 3.8) is 0 Å². The van der Waals surface area contributed by atoms with Crippen LogP contribution in [0.5, 0.6) is 11.5 Å². The smallest absolute Gasteiger partial charge is 0.327 e. The van der Waals surface area contributed by atoms with Gasteiger partial charge in [0.25, 0.3) is 5.89 Å². The van der Waals surface area contributed by atoms with E-state index in [4.69, 9.17) is 14.0 Å². The molecule has 1 atom stereocenters. The molecule has 0 bridgehead atoms. The zero-order valence-corrected chi connectivity index (χ0v) is 20.2. The van der Waals surface area contributed by atoms with Crippen LogP contribution in [0.25, 0.3) is 17.0 Å². The first-order valence-corrected chi connectivity index (χ1v) is 11.9. The van der Waals surface area contributed by atoms with Crippen molar-refractivity contribution in [2.75, 3.05) is 18.1 Å². The van der Waals surface area contributed by atoms with Gasteiger partial charge in [0.15, 0.2) is 11.5 Å². The van der Waals surface area contributed by atoms with E-state index in [1.807, 2.05) is 38.1 Å². The van der Waals surface area contributed by atoms with Gasteiger partial charge in [0.2, 0.25) is 5.82 Å². The molecule has 2 amide bonds. The molecule has 1 N–H and O–H groups in total. The van der Waals surface area contributed by atoms with Gasteiger partial charge >= 0.3 is 6.03 Å². The Kier molecular flexibility index (Phi) is 5.60. The molecule has 1 aromatic heterocycles. The number of amides is 2. The van der Waals surface area contributed by atoms with Gasteiger partial charge in [-0.3, -0.25) is 4.90 Å². The van der Waals surface area contributed by atoms with Crippen LogP contribution >= 0.6 is 0 Å². The van der Waals surface area contributed by atoms with Crippen molar-refractivity contribution >= 4 is 17.3 Å². The number of fused-ring (bicyclic) bond motifs is 1. The summed E-state index contributed by atoms with van der Waals surface area (Å²) < 4.78 is 30.8. The normalized spacial score (nSPS) is 17.1. The van der Waals surface area contributed by atoms with Crippen LogP contribution in [-0.4, -0.2) is 29.4 Å². The second-order valence-corrected chi connectivity index (χ2v) is 8.89. The van der Waals surface area contributed by atoms with Crippen LogP contribution in [0.3, 0.4) is 0 Å². The summed E-state index contributed by atoms with van der Waals surface area (Å²) in [5, 5.41) is 7.23. The topological polar surface area (TPSA) is 89.7 Å². The summed E-state index contributed by atoms with van der Waals surface area (Å²) in [6.07, 6.45) is 0. The predicted octanol–water partition coefficient (Wildman–Crippen LogP) is 5.66. The summed E-state index contributed by atoms with van der Waals surface area (Å²) >= 11 is 0. The monoisotopic (exact) mass is 498 g/mol. The van der Waals surface area contributed by atoms with Crippen molar-refractivity contribution in [2.45, 2.75) is 19.9 Å². The van der Waals surface area contributed by atoms with Crippen LogP contribution in [0.1, 0.15) is 30.0 Å². The maximum atomic E-state index is 13.7. The van der Waals surface area contributed by atoms with Crippen LogP contribution in [0, 0.1) is 12.7 Å². The highest BCUT2D eigenvalue weighted by molar-refractivity contribution is 6.01. The van der Waals surface area contributed by atoms with Crippen LogP contribution in [0.4, 0.5) is 14.9 Å². The molecule has 0 saturated carbocycles. The number of carbonyl (C=O) groups excluding carboxylic acids is 1. The van der Waals surface area contributed by atoms with Crippen molar-refractivity contribution in [3.8, 4) is 22.9 Å². The van der Waals surface area contributed by atoms with Crippen molar-refractivity contribution < 1.29 is 23.2 Å². The SMILES string of the molecule is CC1=C(c2nc(-c3cccc(C)c3)no2)C(c2ccc(F)cc2)NC(=O)N1c1ccc2c(c1)OCCO2. The Morgan fingerprint density at radius 3 is 2.54 bits per heavy atom. The van der Waals surface area contributed by atoms with Crippen molar-refractivity contribution in [1.82, 2.24) is 15.5 Å². The van der Waals surface area contributed by atoms with Crippen LogP contribution < -0.4 is 19.7 Å². The first kappa shape index (κ1) is 22.8. The number of benzene rings is 3. The molecule has 0 spiro atoms. The van der Waals surface area contributed by atoms with Crippen LogP contribution in [-0.2, 0) is 0 Å². The largest absolute Gasteiger partial charge is 0.486 e. The number of halogens is 1. The Bertz CT molecular complexity index is 1530. The Balaban J connectivity index is 1.48. The number of rotatable bonds is 4. The summed E-state index contributed by atoms with van der Waals surface area (Å²) in [7, 11) is 0. The molecule has 186 valence electrons. The molecule has 1 unspecified atom stereocenters. The van der Waals surface area contributed by atoms with E-state index >= 15 is 0 Å². The molecular weight excluding hydrogens is 475 g/mol. The number of urea groups is 1. The second kappa shape index (κ2) is 9.09. The number of allylic oxidation sites excluding steroid dienone is 1. The number of aromatic nitrogens is 2. The van der Waals surface area contributed by atoms with Crippen molar-refractivity contribution in [2.24, 2.45) is 0 Å². The van der Waals surface area contributed by atoms with Gasteiger partial charge in [0.1, 0.15) is 19.0 Å². The molecule has 3 heterocycles. The number of hydrogen-bond donors (Lipinski definition) is 1. The molecule has 0 saturated heterocycles. The Morgan fingerprint density at radius 1 is 0.973 bits per heavy atom. The van der Waals surface area contributed by atoms with Crippen LogP contribution in [0.2, 0.25) is 0 Å². The summed E-state index contributed by atoms with van der Waals surface area (Å²) in [6, 6.07) is 18.1. The lowest BCUT2D eigenvalue weighted by atomic mass is 9.94. The maximum absolute atomic E-state index is 13.7. The molecule has 3 aromatic carbocycles. The minimum atomic E-state index is -0.632. The zero-order chi connectivity index (χ0) is 25.5. The molecule has 2 aliphatic heterocycles. The number of hydrogen-bond acceptors (Lipinski definition) is 6. The van der Waals surface area contributed by atoms with Gasteiger partial charge in [-0.15, -0.1) is 0 Å². The maximum Gasteiger partial charge on any atom is 0.327 e. The summed E-state index contributed by atoms with van der Waals surface area (Å²) in [5.41, 5.74) is 4.35. The van der Waals surface area contributed by atoms with E-state index in [2.05, 4.69) is 15.5 Å². The molecule has 37 heavy (non-hydrogen) atoms. The molecule has 0 radical (unpaired) electrons. The summed E-state index contributed by atoms with van der Waals surface area (Å²) in [4.78, 5) is 19.6. The summed E-state index contributed by atoms with van der Waals surface area (Å²) in [5.74, 6) is 1.50. The fourth-order valence-electron chi connectivity index (χ4n) is 4.64. The average Bonchev–Trinajstić information content (AvgIpc) is 3.39. The van der Waals surface area contributed by atoms with Crippen LogP contribution in [0.15, 0.2) is 77.0 Å². The Hall–Kier alpha value is -4.66. The fraction of sp³-hybridized carbons (Fsp3) is 0.179. The molecule has 0 aliphatic carbocycles. The molecule has 4 aromatic rings. The first-order chi connectivity index (χ1) is 18.0. The van der Waals surface area contributed by atoms with E-state index in [1.54, 1.807) is 30.3 Å². The minimum Gasteiger partial charge on any atom is -0.486 e. The molecule has 0 fully saturated rings. The third-order valence-electron chi connectivity index (χ3n) is 6.40. The van der Waals surface area contributed by atoms with Gasteiger partial charge in [-0.25, -0.2) is 9.18 Å². The fourth-order valence-corrected chi connectivity index (χ4v) is 4.64. The van der Waals surface area contributed by atoms with Gasteiger partial charge in [-0.2, -0.15) is 4.98 Å². The molecule has 8 nitrogen and oxygen atoms in total. The second-order valence-electron chi connectivity index (χ2n) is 8.89. The van der Waals surface area contributed by atoms with Gasteiger partial charge in [-0.1, -0.05) is 41.1 Å². The molecule has 6 rings (SSSR count). The lowest BCUT2D eigenvalue weighted by Gasteiger charge is -2.35. The third kappa shape index (κ3) is 4.18. The van der Waals surface area contributed by atoms with E-state index < -0.39 is 6.04 Å². The standard InChI is InChI=1S/C28H23FN4O4/c1-16-4-3-5-19(14-16)26-31-27(37-32-26)24-17(2)33(21-10-11-22-23(15-21)36-13-12-35-22)28(34)30-25(24)18-6-8-20(29)9-7-18/h3-11,14-15,25H,12-13H2,1-2H3,(H,30,34). The van der Waals surface area contributed by atoms with Crippen molar-refractivity contribution in [1.29, 1.82) is 0 Å². The third-order valence-corrected chi connectivity index (χ3v) is 6.40. The molecular formula is C28H23FN4O4. The highest BCUT2D eigenvalue weighted by atomic mass is 19.1. The van der Waals surface area contributed by atoms with Gasteiger partial charge in [0, 0.05) is 17.3 Å². The Labute approximate surface area is 212 Å².